The van der Waals surface area contributed by atoms with Crippen LogP contribution in [0, 0.1) is 0 Å². The van der Waals surface area contributed by atoms with E-state index in [0.29, 0.717) is 0 Å². The molecule has 1 amide bonds. The zero-order valence-electron chi connectivity index (χ0n) is 12.9. The van der Waals surface area contributed by atoms with Crippen LogP contribution in [0.25, 0.3) is 0 Å². The lowest BCUT2D eigenvalue weighted by Gasteiger charge is -2.28. The first kappa shape index (κ1) is 15.8. The Balaban J connectivity index is 1.74. The quantitative estimate of drug-likeness (QED) is 0.843. The molecule has 1 fully saturated rings. The summed E-state index contributed by atoms with van der Waals surface area (Å²) in [6.45, 7) is 5.00. The molecule has 5 heteroatoms. The van der Waals surface area contributed by atoms with Crippen molar-refractivity contribution in [3.05, 3.63) is 24.3 Å². The van der Waals surface area contributed by atoms with Gasteiger partial charge in [-0.25, -0.2) is 5.32 Å². The number of nitrogens with two attached hydrogens (primary N) is 1. The molecule has 1 aliphatic heterocycles. The molecule has 116 valence electrons. The lowest BCUT2D eigenvalue weighted by Crippen LogP contribution is -2.82. The van der Waals surface area contributed by atoms with Gasteiger partial charge in [0.2, 0.25) is 0 Å². The minimum atomic E-state index is -0.287. The van der Waals surface area contributed by atoms with Gasteiger partial charge in [0.1, 0.15) is 17.5 Å². The van der Waals surface area contributed by atoms with Gasteiger partial charge in [-0.15, -0.1) is 0 Å². The Morgan fingerprint density at radius 2 is 1.90 bits per heavy atom. The Bertz CT molecular complexity index is 441. The molecule has 21 heavy (non-hydrogen) atoms. The SMILES string of the molecule is COc1ccc([NH2+]C(=O)O[C@H](C)CN2CCCCC2)cc1. The first-order valence-electron chi connectivity index (χ1n) is 7.59. The second-order valence-corrected chi connectivity index (χ2v) is 5.53. The molecule has 1 atom stereocenters. The van der Waals surface area contributed by atoms with E-state index >= 15 is 0 Å². The van der Waals surface area contributed by atoms with Crippen LogP contribution >= 0.6 is 0 Å². The molecule has 0 unspecified atom stereocenters. The first-order valence-corrected chi connectivity index (χ1v) is 7.59. The van der Waals surface area contributed by atoms with Gasteiger partial charge < -0.3 is 9.47 Å². The maximum atomic E-state index is 11.9. The van der Waals surface area contributed by atoms with Gasteiger partial charge in [-0.05, 0) is 45.0 Å². The Morgan fingerprint density at radius 3 is 2.52 bits per heavy atom. The number of rotatable bonds is 5. The highest BCUT2D eigenvalue weighted by Gasteiger charge is 2.18. The minimum absolute atomic E-state index is 0.0786. The van der Waals surface area contributed by atoms with Crippen LogP contribution in [-0.2, 0) is 4.74 Å². The van der Waals surface area contributed by atoms with Gasteiger partial charge in [-0.3, -0.25) is 4.90 Å². The van der Waals surface area contributed by atoms with Crippen molar-refractivity contribution in [1.82, 2.24) is 4.90 Å². The van der Waals surface area contributed by atoms with Crippen LogP contribution in [0.4, 0.5) is 10.5 Å². The van der Waals surface area contributed by atoms with E-state index in [1.165, 1.54) is 24.6 Å². The molecule has 1 saturated heterocycles. The summed E-state index contributed by atoms with van der Waals surface area (Å²) in [6.07, 6.45) is 3.45. The molecular formula is C16H25N2O3+. The summed E-state index contributed by atoms with van der Waals surface area (Å²) in [6, 6.07) is 7.34. The fraction of sp³-hybridized carbons (Fsp3) is 0.562. The molecule has 0 spiro atoms. The van der Waals surface area contributed by atoms with Crippen molar-refractivity contribution >= 4 is 11.8 Å². The summed E-state index contributed by atoms with van der Waals surface area (Å²) in [5.74, 6) is 0.777. The van der Waals surface area contributed by atoms with Crippen LogP contribution < -0.4 is 10.1 Å². The summed E-state index contributed by atoms with van der Waals surface area (Å²) in [5.41, 5.74) is 0.825. The van der Waals surface area contributed by atoms with Gasteiger partial charge in [0.25, 0.3) is 0 Å². The average molecular weight is 293 g/mol. The first-order chi connectivity index (χ1) is 10.2. The van der Waals surface area contributed by atoms with E-state index in [1.807, 2.05) is 31.2 Å². The highest BCUT2D eigenvalue weighted by Crippen LogP contribution is 2.12. The van der Waals surface area contributed by atoms with Crippen molar-refractivity contribution in [2.45, 2.75) is 32.3 Å². The fourth-order valence-corrected chi connectivity index (χ4v) is 2.61. The second kappa shape index (κ2) is 8.00. The van der Waals surface area contributed by atoms with E-state index in [1.54, 1.807) is 7.11 Å². The van der Waals surface area contributed by atoms with E-state index in [9.17, 15) is 4.79 Å². The smallest absolute Gasteiger partial charge is 0.497 e. The van der Waals surface area contributed by atoms with Crippen molar-refractivity contribution in [1.29, 1.82) is 0 Å². The summed E-state index contributed by atoms with van der Waals surface area (Å²) >= 11 is 0. The zero-order chi connectivity index (χ0) is 15.1. The Labute approximate surface area is 126 Å². The molecule has 2 N–H and O–H groups in total. The molecule has 1 heterocycles. The number of hydrogen-bond acceptors (Lipinski definition) is 4. The van der Waals surface area contributed by atoms with E-state index < -0.39 is 0 Å². The van der Waals surface area contributed by atoms with Crippen LogP contribution in [0.15, 0.2) is 24.3 Å². The number of quaternary nitrogens is 1. The van der Waals surface area contributed by atoms with Gasteiger partial charge >= 0.3 is 6.09 Å². The number of carbonyl (C=O) groups is 1. The number of likely N-dealkylation sites (tertiary alicyclic amines) is 1. The molecule has 2 rings (SSSR count). The van der Waals surface area contributed by atoms with Crippen molar-refractivity contribution in [2.75, 3.05) is 26.7 Å². The third-order valence-corrected chi connectivity index (χ3v) is 3.68. The van der Waals surface area contributed by atoms with Crippen LogP contribution in [0.1, 0.15) is 26.2 Å². The summed E-state index contributed by atoms with van der Waals surface area (Å²) < 4.78 is 10.5. The van der Waals surface area contributed by atoms with Gasteiger partial charge in [0, 0.05) is 18.7 Å². The molecule has 5 nitrogen and oxygen atoms in total. The number of ether oxygens (including phenoxy) is 2. The highest BCUT2D eigenvalue weighted by atomic mass is 16.6. The van der Waals surface area contributed by atoms with Crippen molar-refractivity contribution in [3.63, 3.8) is 0 Å². The number of benzene rings is 1. The molecule has 0 aromatic heterocycles. The molecule has 1 aromatic carbocycles. The fourth-order valence-electron chi connectivity index (χ4n) is 2.61. The molecule has 0 saturated carbocycles. The average Bonchev–Trinajstić information content (AvgIpc) is 2.48. The lowest BCUT2D eigenvalue weighted by molar-refractivity contribution is -0.484. The Hall–Kier alpha value is -1.59. The lowest BCUT2D eigenvalue weighted by atomic mass is 10.1. The molecule has 0 radical (unpaired) electrons. The van der Waals surface area contributed by atoms with Crippen LogP contribution in [-0.4, -0.2) is 43.8 Å². The third kappa shape index (κ3) is 5.36. The van der Waals surface area contributed by atoms with Crippen molar-refractivity contribution < 1.29 is 19.6 Å². The standard InChI is InChI=1S/C16H24N2O3/c1-13(12-18-10-4-3-5-11-18)21-16(19)17-14-6-8-15(20-2)9-7-14/h6-9,13H,3-5,10-12H2,1-2H3,(H,17,19)/p+1/t13-/m1/s1. The van der Waals surface area contributed by atoms with Gasteiger partial charge in [-0.1, -0.05) is 6.42 Å². The van der Waals surface area contributed by atoms with Crippen molar-refractivity contribution in [3.8, 4) is 5.75 Å². The summed E-state index contributed by atoms with van der Waals surface area (Å²) in [4.78, 5) is 14.3. The van der Waals surface area contributed by atoms with Gasteiger partial charge in [0.15, 0.2) is 0 Å². The third-order valence-electron chi connectivity index (χ3n) is 3.68. The Morgan fingerprint density at radius 1 is 1.24 bits per heavy atom. The highest BCUT2D eigenvalue weighted by molar-refractivity contribution is 5.59. The monoisotopic (exact) mass is 293 g/mol. The largest absolute Gasteiger partial charge is 0.518 e. The van der Waals surface area contributed by atoms with E-state index in [-0.39, 0.29) is 12.2 Å². The maximum Gasteiger partial charge on any atom is 0.518 e. The van der Waals surface area contributed by atoms with E-state index in [4.69, 9.17) is 9.47 Å². The van der Waals surface area contributed by atoms with E-state index in [0.717, 1.165) is 31.1 Å². The molecular weight excluding hydrogens is 268 g/mol. The van der Waals surface area contributed by atoms with Crippen LogP contribution in [0.5, 0.6) is 5.75 Å². The van der Waals surface area contributed by atoms with Gasteiger partial charge in [0.05, 0.1) is 7.11 Å². The number of amides is 1. The molecule has 1 aromatic rings. The summed E-state index contributed by atoms with van der Waals surface area (Å²) in [5, 5.41) is 1.52. The molecule has 0 bridgehead atoms. The number of piperidine rings is 1. The zero-order valence-corrected chi connectivity index (χ0v) is 12.9. The maximum absolute atomic E-state index is 11.9. The molecule has 1 aliphatic rings. The summed E-state index contributed by atoms with van der Waals surface area (Å²) in [7, 11) is 1.62. The normalized spacial score (nSPS) is 17.2. The number of hydrogen-bond donors (Lipinski definition) is 1. The minimum Gasteiger partial charge on any atom is -0.497 e. The van der Waals surface area contributed by atoms with Crippen molar-refractivity contribution in [2.24, 2.45) is 0 Å². The Kier molecular flexibility index (Phi) is 6.02. The van der Waals surface area contributed by atoms with Crippen LogP contribution in [0.2, 0.25) is 0 Å². The van der Waals surface area contributed by atoms with E-state index in [2.05, 4.69) is 4.90 Å². The topological polar surface area (TPSA) is 55.4 Å². The number of primary amides is 1. The number of nitrogens with zero attached hydrogens (tertiary/aromatic N) is 1. The second-order valence-electron chi connectivity index (χ2n) is 5.53. The number of methoxy groups -OCH3 is 1. The van der Waals surface area contributed by atoms with Gasteiger partial charge in [-0.2, -0.15) is 4.79 Å². The number of carbonyl (C=O) groups excluding carboxylic acids is 1. The predicted molar refractivity (Wildman–Crippen MR) is 80.8 cm³/mol. The van der Waals surface area contributed by atoms with Crippen LogP contribution in [0.3, 0.4) is 0 Å². The molecule has 0 aliphatic carbocycles. The predicted octanol–water partition coefficient (Wildman–Crippen LogP) is 1.90.